The van der Waals surface area contributed by atoms with Crippen LogP contribution >= 0.6 is 0 Å². The fraction of sp³-hybridized carbons (Fsp3) is 0.154. The fourth-order valence-corrected chi connectivity index (χ4v) is 4.08. The van der Waals surface area contributed by atoms with Gasteiger partial charge in [-0.2, -0.15) is 0 Å². The Morgan fingerprint density at radius 2 is 1.69 bits per heavy atom. The van der Waals surface area contributed by atoms with E-state index in [-0.39, 0.29) is 18.1 Å². The molecule has 1 aliphatic heterocycles. The number of para-hydroxylation sites is 2. The Bertz CT molecular complexity index is 1310. The first-order valence-corrected chi connectivity index (χ1v) is 10.7. The molecule has 1 aromatic heterocycles. The van der Waals surface area contributed by atoms with Gasteiger partial charge in [0.25, 0.3) is 0 Å². The number of fused-ring (bicyclic) bond motifs is 1. The van der Waals surface area contributed by atoms with E-state index in [1.165, 1.54) is 0 Å². The van der Waals surface area contributed by atoms with E-state index in [0.717, 1.165) is 28.0 Å². The molecular weight excluding hydrogens is 400 g/mol. The quantitative estimate of drug-likeness (QED) is 0.434. The topological polar surface area (TPSA) is 74.4 Å². The highest BCUT2D eigenvalue weighted by Crippen LogP contribution is 2.33. The van der Waals surface area contributed by atoms with E-state index in [2.05, 4.69) is 0 Å². The Morgan fingerprint density at radius 3 is 2.44 bits per heavy atom. The standard InChI is InChI=1S/C26H24N4O2/c1-2-29-22-11-7-6-10-21(22)28-26(29)24-23(31)16-30(25(24)27)19-12-14-20(15-13-19)32-17-18-8-4-3-5-9-18/h3-15,27,31H,2,16-17H2,1H3. The zero-order chi connectivity index (χ0) is 22.1. The Balaban J connectivity index is 1.37. The SMILES string of the molecule is CCn1c(C2=C(O)CN(c3ccc(OCc4ccccc4)cc3)C2=N)nc2ccccc21. The number of rotatable bonds is 6. The van der Waals surface area contributed by atoms with Gasteiger partial charge in [0.2, 0.25) is 0 Å². The van der Waals surface area contributed by atoms with Gasteiger partial charge in [0.1, 0.15) is 29.8 Å². The minimum absolute atomic E-state index is 0.157. The smallest absolute Gasteiger partial charge is 0.148 e. The van der Waals surface area contributed by atoms with E-state index in [1.54, 1.807) is 4.90 Å². The summed E-state index contributed by atoms with van der Waals surface area (Å²) in [5, 5.41) is 19.6. The van der Waals surface area contributed by atoms with E-state index in [9.17, 15) is 5.11 Å². The summed E-state index contributed by atoms with van der Waals surface area (Å²) >= 11 is 0. The monoisotopic (exact) mass is 424 g/mol. The fourth-order valence-electron chi connectivity index (χ4n) is 4.08. The van der Waals surface area contributed by atoms with Gasteiger partial charge < -0.3 is 19.3 Å². The highest BCUT2D eigenvalue weighted by molar-refractivity contribution is 6.30. The van der Waals surface area contributed by atoms with Crippen LogP contribution in [0.25, 0.3) is 16.6 Å². The summed E-state index contributed by atoms with van der Waals surface area (Å²) in [6, 6.07) is 25.5. The van der Waals surface area contributed by atoms with Gasteiger partial charge in [0.05, 0.1) is 23.2 Å². The predicted molar refractivity (Wildman–Crippen MR) is 127 cm³/mol. The molecule has 0 saturated heterocycles. The third-order valence-electron chi connectivity index (χ3n) is 5.69. The lowest BCUT2D eigenvalue weighted by Gasteiger charge is -2.19. The maximum Gasteiger partial charge on any atom is 0.148 e. The lowest BCUT2D eigenvalue weighted by Crippen LogP contribution is -2.26. The number of aliphatic hydroxyl groups is 1. The summed E-state index contributed by atoms with van der Waals surface area (Å²) in [7, 11) is 0. The maximum atomic E-state index is 10.8. The average molecular weight is 425 g/mol. The van der Waals surface area contributed by atoms with Gasteiger partial charge in [0.15, 0.2) is 0 Å². The molecule has 0 unspecified atom stereocenters. The second-order valence-corrected chi connectivity index (χ2v) is 7.69. The minimum atomic E-state index is 0.157. The van der Waals surface area contributed by atoms with Gasteiger partial charge in [-0.25, -0.2) is 4.98 Å². The number of imidazole rings is 1. The number of aliphatic hydroxyl groups excluding tert-OH is 1. The molecule has 2 heterocycles. The zero-order valence-electron chi connectivity index (χ0n) is 17.8. The number of aromatic nitrogens is 2. The van der Waals surface area contributed by atoms with Crippen molar-refractivity contribution < 1.29 is 9.84 Å². The van der Waals surface area contributed by atoms with E-state index >= 15 is 0 Å². The van der Waals surface area contributed by atoms with E-state index < -0.39 is 0 Å². The molecule has 0 radical (unpaired) electrons. The second kappa shape index (κ2) is 8.23. The molecule has 6 nitrogen and oxygen atoms in total. The summed E-state index contributed by atoms with van der Waals surface area (Å²) < 4.78 is 7.91. The van der Waals surface area contributed by atoms with Crippen molar-refractivity contribution in [1.82, 2.24) is 9.55 Å². The molecule has 160 valence electrons. The molecule has 32 heavy (non-hydrogen) atoms. The number of benzene rings is 3. The summed E-state index contributed by atoms with van der Waals surface area (Å²) in [4.78, 5) is 6.50. The molecular formula is C26H24N4O2. The van der Waals surface area contributed by atoms with Crippen molar-refractivity contribution in [2.24, 2.45) is 0 Å². The van der Waals surface area contributed by atoms with Crippen molar-refractivity contribution in [3.63, 3.8) is 0 Å². The molecule has 0 spiro atoms. The normalized spacial score (nSPS) is 13.9. The highest BCUT2D eigenvalue weighted by Gasteiger charge is 2.32. The van der Waals surface area contributed by atoms with Crippen LogP contribution < -0.4 is 9.64 Å². The van der Waals surface area contributed by atoms with Crippen LogP contribution in [0.3, 0.4) is 0 Å². The van der Waals surface area contributed by atoms with Crippen molar-refractivity contribution in [3.05, 3.63) is 96.0 Å². The Hall–Kier alpha value is -4.06. The molecule has 1 aliphatic rings. The lowest BCUT2D eigenvalue weighted by molar-refractivity contribution is 0.306. The number of aryl methyl sites for hydroxylation is 1. The number of nitrogens with zero attached hydrogens (tertiary/aromatic N) is 3. The van der Waals surface area contributed by atoms with Crippen LogP contribution in [0, 0.1) is 5.41 Å². The predicted octanol–water partition coefficient (Wildman–Crippen LogP) is 5.40. The molecule has 0 amide bonds. The van der Waals surface area contributed by atoms with Gasteiger partial charge in [-0.1, -0.05) is 42.5 Å². The molecule has 4 aromatic rings. The van der Waals surface area contributed by atoms with Crippen molar-refractivity contribution in [1.29, 1.82) is 5.41 Å². The number of nitrogens with one attached hydrogen (secondary N) is 1. The van der Waals surface area contributed by atoms with Crippen LogP contribution in [0.4, 0.5) is 5.69 Å². The lowest BCUT2D eigenvalue weighted by atomic mass is 10.2. The number of hydrogen-bond donors (Lipinski definition) is 2. The third-order valence-corrected chi connectivity index (χ3v) is 5.69. The molecule has 0 bridgehead atoms. The van der Waals surface area contributed by atoms with E-state index in [0.29, 0.717) is 24.5 Å². The summed E-state index contributed by atoms with van der Waals surface area (Å²) in [6.45, 7) is 3.48. The number of hydrogen-bond acceptors (Lipinski definition) is 4. The highest BCUT2D eigenvalue weighted by atomic mass is 16.5. The van der Waals surface area contributed by atoms with Crippen molar-refractivity contribution in [2.75, 3.05) is 11.4 Å². The number of amidine groups is 1. The first-order chi connectivity index (χ1) is 15.7. The summed E-state index contributed by atoms with van der Waals surface area (Å²) in [6.07, 6.45) is 0. The Kier molecular flexibility index (Phi) is 5.11. The summed E-state index contributed by atoms with van der Waals surface area (Å²) in [5.41, 5.74) is 4.26. The molecule has 5 rings (SSSR count). The van der Waals surface area contributed by atoms with Crippen LogP contribution in [0.2, 0.25) is 0 Å². The van der Waals surface area contributed by atoms with Crippen LogP contribution in [0.1, 0.15) is 18.3 Å². The van der Waals surface area contributed by atoms with Crippen molar-refractivity contribution >= 4 is 28.1 Å². The number of anilines is 1. The molecule has 3 aromatic carbocycles. The van der Waals surface area contributed by atoms with Gasteiger partial charge in [-0.05, 0) is 48.9 Å². The van der Waals surface area contributed by atoms with Gasteiger partial charge in [-0.15, -0.1) is 0 Å². The van der Waals surface area contributed by atoms with Crippen molar-refractivity contribution in [2.45, 2.75) is 20.1 Å². The van der Waals surface area contributed by atoms with Crippen LogP contribution in [-0.4, -0.2) is 27.0 Å². The molecule has 0 fully saturated rings. The third kappa shape index (κ3) is 3.50. The van der Waals surface area contributed by atoms with Crippen LogP contribution in [0.5, 0.6) is 5.75 Å². The number of ether oxygens (including phenoxy) is 1. The van der Waals surface area contributed by atoms with E-state index in [4.69, 9.17) is 15.1 Å². The minimum Gasteiger partial charge on any atom is -0.509 e. The molecule has 6 heteroatoms. The average Bonchev–Trinajstić information content (AvgIpc) is 3.34. The van der Waals surface area contributed by atoms with Crippen LogP contribution in [-0.2, 0) is 13.2 Å². The molecule has 0 aliphatic carbocycles. The van der Waals surface area contributed by atoms with Gasteiger partial charge >= 0.3 is 0 Å². The molecule has 0 atom stereocenters. The van der Waals surface area contributed by atoms with Crippen molar-refractivity contribution in [3.8, 4) is 5.75 Å². The van der Waals surface area contributed by atoms with Gasteiger partial charge in [0, 0.05) is 12.2 Å². The maximum absolute atomic E-state index is 10.8. The molecule has 0 saturated carbocycles. The van der Waals surface area contributed by atoms with E-state index in [1.807, 2.05) is 90.4 Å². The zero-order valence-corrected chi connectivity index (χ0v) is 17.8. The summed E-state index contributed by atoms with van der Waals surface area (Å²) in [5.74, 6) is 1.78. The largest absolute Gasteiger partial charge is 0.509 e. The van der Waals surface area contributed by atoms with Gasteiger partial charge in [-0.3, -0.25) is 5.41 Å². The second-order valence-electron chi connectivity index (χ2n) is 7.69. The molecule has 2 N–H and O–H groups in total. The Labute approximate surface area is 186 Å². The Morgan fingerprint density at radius 1 is 0.969 bits per heavy atom. The first kappa shape index (κ1) is 19.9. The van der Waals surface area contributed by atoms with Crippen LogP contribution in [0.15, 0.2) is 84.6 Å². The first-order valence-electron chi connectivity index (χ1n) is 10.7.